The molecule has 2 aromatic carbocycles. The summed E-state index contributed by atoms with van der Waals surface area (Å²) in [4.78, 5) is 22.5. The van der Waals surface area contributed by atoms with Crippen LogP contribution in [0.2, 0.25) is 5.02 Å². The van der Waals surface area contributed by atoms with Gasteiger partial charge in [-0.25, -0.2) is 9.97 Å². The van der Waals surface area contributed by atoms with E-state index in [1.54, 1.807) is 23.8 Å². The van der Waals surface area contributed by atoms with Crippen molar-refractivity contribution in [2.45, 2.75) is 26.3 Å². The summed E-state index contributed by atoms with van der Waals surface area (Å²) < 4.78 is 6.95. The van der Waals surface area contributed by atoms with Gasteiger partial charge in [0.2, 0.25) is 0 Å². The number of amides is 1. The average Bonchev–Trinajstić information content (AvgIpc) is 3.02. The summed E-state index contributed by atoms with van der Waals surface area (Å²) in [5.74, 6) is 0.513. The number of benzene rings is 2. The van der Waals surface area contributed by atoms with E-state index in [0.29, 0.717) is 44.2 Å². The van der Waals surface area contributed by atoms with Gasteiger partial charge in [-0.2, -0.15) is 0 Å². The monoisotopic (exact) mass is 423 g/mol. The largest absolute Gasteiger partial charge is 0.495 e. The molecule has 8 heteroatoms. The highest BCUT2D eigenvalue weighted by Crippen LogP contribution is 2.34. The number of fused-ring (bicyclic) bond motifs is 2. The topological polar surface area (TPSA) is 95.1 Å². The van der Waals surface area contributed by atoms with Gasteiger partial charge in [0.15, 0.2) is 5.65 Å². The number of rotatable bonds is 5. The number of aromatic nitrogens is 3. The molecular formula is C22H22ClN5O2. The molecule has 7 nitrogen and oxygen atoms in total. The molecule has 30 heavy (non-hydrogen) atoms. The van der Waals surface area contributed by atoms with E-state index in [-0.39, 0.29) is 17.8 Å². The molecule has 2 aromatic heterocycles. The molecule has 0 radical (unpaired) electrons. The Bertz CT molecular complexity index is 1270. The van der Waals surface area contributed by atoms with Crippen molar-refractivity contribution in [3.8, 4) is 11.4 Å². The predicted molar refractivity (Wildman–Crippen MR) is 120 cm³/mol. The Morgan fingerprint density at radius 3 is 2.57 bits per heavy atom. The smallest absolute Gasteiger partial charge is 0.257 e. The highest BCUT2D eigenvalue weighted by Gasteiger charge is 2.25. The molecular weight excluding hydrogens is 402 g/mol. The number of hydrogen-bond acceptors (Lipinski definition) is 5. The van der Waals surface area contributed by atoms with E-state index in [1.165, 1.54) is 0 Å². The lowest BCUT2D eigenvalue weighted by molar-refractivity contribution is 0.0941. The molecule has 0 saturated heterocycles. The maximum atomic E-state index is 13.1. The Labute approximate surface area is 178 Å². The standard InChI is InChI=1S/C22H22ClN5O2/c1-4-12(2)25-22(29)18-19-21(27-16-8-6-5-7-15(16)26-19)28(20(18)24)13-9-10-17(30-3)14(23)11-13/h5-12H,4,24H2,1-3H3,(H,25,29)/t12-/m0/s1. The lowest BCUT2D eigenvalue weighted by atomic mass is 10.2. The molecule has 3 N–H and O–H groups in total. The highest BCUT2D eigenvalue weighted by molar-refractivity contribution is 6.32. The summed E-state index contributed by atoms with van der Waals surface area (Å²) in [5.41, 5.74) is 9.79. The summed E-state index contributed by atoms with van der Waals surface area (Å²) in [6.07, 6.45) is 0.799. The number of nitrogens with two attached hydrogens (primary N) is 1. The fourth-order valence-electron chi connectivity index (χ4n) is 3.34. The van der Waals surface area contributed by atoms with Crippen molar-refractivity contribution in [1.82, 2.24) is 19.9 Å². The molecule has 4 aromatic rings. The van der Waals surface area contributed by atoms with E-state index in [9.17, 15) is 4.79 Å². The van der Waals surface area contributed by atoms with Crippen LogP contribution in [-0.4, -0.2) is 33.6 Å². The third kappa shape index (κ3) is 3.31. The molecule has 154 valence electrons. The molecule has 0 bridgehead atoms. The summed E-state index contributed by atoms with van der Waals surface area (Å²) >= 11 is 6.34. The number of nitrogen functional groups attached to an aromatic ring is 1. The van der Waals surface area contributed by atoms with Crippen LogP contribution in [0.1, 0.15) is 30.6 Å². The highest BCUT2D eigenvalue weighted by atomic mass is 35.5. The number of halogens is 1. The Morgan fingerprint density at radius 2 is 1.93 bits per heavy atom. The third-order valence-corrected chi connectivity index (χ3v) is 5.40. The molecule has 0 spiro atoms. The fraction of sp³-hybridized carbons (Fsp3) is 0.227. The van der Waals surface area contributed by atoms with Crippen LogP contribution in [0, 0.1) is 0 Å². The predicted octanol–water partition coefficient (Wildman–Crippen LogP) is 4.35. The zero-order chi connectivity index (χ0) is 21.4. The Kier molecular flexibility index (Phi) is 5.22. The number of carbonyl (C=O) groups excluding carboxylic acids is 1. The van der Waals surface area contributed by atoms with Gasteiger partial charge in [0.1, 0.15) is 22.6 Å². The van der Waals surface area contributed by atoms with Gasteiger partial charge >= 0.3 is 0 Å². The van der Waals surface area contributed by atoms with Gasteiger partial charge in [-0.15, -0.1) is 0 Å². The van der Waals surface area contributed by atoms with Gasteiger partial charge in [0, 0.05) is 6.04 Å². The number of carbonyl (C=O) groups is 1. The second-order valence-electron chi connectivity index (χ2n) is 7.08. The summed E-state index contributed by atoms with van der Waals surface area (Å²) in [6, 6.07) is 12.8. The number of methoxy groups -OCH3 is 1. The molecule has 1 atom stereocenters. The van der Waals surface area contributed by atoms with Crippen LogP contribution in [-0.2, 0) is 0 Å². The number of anilines is 1. The van der Waals surface area contributed by atoms with Crippen LogP contribution in [0.25, 0.3) is 27.9 Å². The van der Waals surface area contributed by atoms with Crippen molar-refractivity contribution < 1.29 is 9.53 Å². The van der Waals surface area contributed by atoms with Crippen molar-refractivity contribution in [2.75, 3.05) is 12.8 Å². The average molecular weight is 424 g/mol. The first-order chi connectivity index (χ1) is 14.4. The number of hydrogen-bond donors (Lipinski definition) is 2. The number of nitrogens with zero attached hydrogens (tertiary/aromatic N) is 3. The first-order valence-corrected chi connectivity index (χ1v) is 10.0. The summed E-state index contributed by atoms with van der Waals surface area (Å²) in [5, 5.41) is 3.40. The minimum absolute atomic E-state index is 0.000790. The van der Waals surface area contributed by atoms with E-state index in [4.69, 9.17) is 32.0 Å². The molecule has 0 aliphatic carbocycles. The van der Waals surface area contributed by atoms with Gasteiger partial charge in [-0.3, -0.25) is 9.36 Å². The quantitative estimate of drug-likeness (QED) is 0.497. The van der Waals surface area contributed by atoms with Crippen molar-refractivity contribution in [2.24, 2.45) is 0 Å². The minimum atomic E-state index is -0.283. The number of nitrogens with one attached hydrogen (secondary N) is 1. The van der Waals surface area contributed by atoms with Crippen LogP contribution in [0.5, 0.6) is 5.75 Å². The number of ether oxygens (including phenoxy) is 1. The molecule has 0 aliphatic rings. The van der Waals surface area contributed by atoms with E-state index >= 15 is 0 Å². The minimum Gasteiger partial charge on any atom is -0.495 e. The third-order valence-electron chi connectivity index (χ3n) is 5.11. The second kappa shape index (κ2) is 7.84. The molecule has 0 aliphatic heterocycles. The van der Waals surface area contributed by atoms with Crippen LogP contribution in [0.15, 0.2) is 42.5 Å². The van der Waals surface area contributed by atoms with Crippen molar-refractivity contribution in [1.29, 1.82) is 0 Å². The first-order valence-electron chi connectivity index (χ1n) is 9.66. The maximum Gasteiger partial charge on any atom is 0.257 e. The van der Waals surface area contributed by atoms with E-state index in [2.05, 4.69) is 5.32 Å². The zero-order valence-corrected chi connectivity index (χ0v) is 17.7. The van der Waals surface area contributed by atoms with E-state index in [0.717, 1.165) is 6.42 Å². The Morgan fingerprint density at radius 1 is 1.23 bits per heavy atom. The van der Waals surface area contributed by atoms with Crippen LogP contribution in [0.4, 0.5) is 5.82 Å². The molecule has 0 saturated carbocycles. The number of para-hydroxylation sites is 2. The van der Waals surface area contributed by atoms with Gasteiger partial charge in [0.05, 0.1) is 28.9 Å². The van der Waals surface area contributed by atoms with Crippen LogP contribution in [0.3, 0.4) is 0 Å². The van der Waals surface area contributed by atoms with Gasteiger partial charge in [0.25, 0.3) is 5.91 Å². The fourth-order valence-corrected chi connectivity index (χ4v) is 3.59. The molecule has 4 rings (SSSR count). The van der Waals surface area contributed by atoms with Gasteiger partial charge in [-0.1, -0.05) is 30.7 Å². The van der Waals surface area contributed by atoms with E-state index < -0.39 is 0 Å². The lowest BCUT2D eigenvalue weighted by Crippen LogP contribution is -2.32. The van der Waals surface area contributed by atoms with Gasteiger partial charge in [-0.05, 0) is 43.7 Å². The van der Waals surface area contributed by atoms with Crippen molar-refractivity contribution in [3.63, 3.8) is 0 Å². The van der Waals surface area contributed by atoms with Crippen molar-refractivity contribution in [3.05, 3.63) is 53.1 Å². The molecule has 1 amide bonds. The van der Waals surface area contributed by atoms with E-state index in [1.807, 2.05) is 44.2 Å². The summed E-state index contributed by atoms with van der Waals surface area (Å²) in [7, 11) is 1.55. The maximum absolute atomic E-state index is 13.1. The SMILES string of the molecule is CC[C@H](C)NC(=O)c1c(N)n(-c2ccc(OC)c(Cl)c2)c2nc3ccccc3nc12. The molecule has 0 fully saturated rings. The Hall–Kier alpha value is -3.32. The first kappa shape index (κ1) is 20.0. The van der Waals surface area contributed by atoms with Crippen LogP contribution < -0.4 is 15.8 Å². The Balaban J connectivity index is 2.02. The molecule has 2 heterocycles. The zero-order valence-electron chi connectivity index (χ0n) is 16.9. The van der Waals surface area contributed by atoms with Gasteiger partial charge < -0.3 is 15.8 Å². The second-order valence-corrected chi connectivity index (χ2v) is 7.49. The van der Waals surface area contributed by atoms with Crippen LogP contribution >= 0.6 is 11.6 Å². The normalized spacial score (nSPS) is 12.3. The lowest BCUT2D eigenvalue weighted by Gasteiger charge is -2.12. The molecule has 0 unspecified atom stereocenters. The van der Waals surface area contributed by atoms with Crippen molar-refractivity contribution >= 4 is 45.5 Å². The summed E-state index contributed by atoms with van der Waals surface area (Å²) in [6.45, 7) is 3.95.